The Morgan fingerprint density at radius 3 is 2.60 bits per heavy atom. The molecule has 1 unspecified atom stereocenters. The second-order valence-corrected chi connectivity index (χ2v) is 3.44. The summed E-state index contributed by atoms with van der Waals surface area (Å²) >= 11 is 0. The van der Waals surface area contributed by atoms with Crippen molar-refractivity contribution in [1.82, 2.24) is 5.32 Å². The maximum Gasteiger partial charge on any atom is 0.326 e. The zero-order valence-corrected chi connectivity index (χ0v) is 9.16. The summed E-state index contributed by atoms with van der Waals surface area (Å²) in [6.45, 7) is 5.50. The van der Waals surface area contributed by atoms with E-state index in [0.717, 1.165) is 19.3 Å². The van der Waals surface area contributed by atoms with E-state index in [0.29, 0.717) is 6.42 Å². The van der Waals surface area contributed by atoms with Gasteiger partial charge in [-0.3, -0.25) is 4.79 Å². The molecule has 0 aromatic carbocycles. The minimum absolute atomic E-state index is 0.197. The fraction of sp³-hybridized carbons (Fsp3) is 0.636. The molecule has 0 aliphatic heterocycles. The van der Waals surface area contributed by atoms with Crippen molar-refractivity contribution in [3.63, 3.8) is 0 Å². The molecular weight excluding hydrogens is 194 g/mol. The first kappa shape index (κ1) is 13.7. The van der Waals surface area contributed by atoms with Crippen LogP contribution in [0.2, 0.25) is 0 Å². The number of nitrogens with one attached hydrogen (secondary N) is 1. The molecule has 1 amide bonds. The van der Waals surface area contributed by atoms with Crippen molar-refractivity contribution in [1.29, 1.82) is 0 Å². The lowest BCUT2D eigenvalue weighted by Gasteiger charge is -2.12. The van der Waals surface area contributed by atoms with Crippen molar-refractivity contribution in [3.8, 4) is 0 Å². The molecule has 0 bridgehead atoms. The van der Waals surface area contributed by atoms with Crippen molar-refractivity contribution >= 4 is 11.9 Å². The Labute approximate surface area is 90.4 Å². The molecule has 4 heteroatoms. The van der Waals surface area contributed by atoms with Gasteiger partial charge in [0, 0.05) is 6.42 Å². The lowest BCUT2D eigenvalue weighted by Crippen LogP contribution is -2.40. The monoisotopic (exact) mass is 213 g/mol. The van der Waals surface area contributed by atoms with Gasteiger partial charge < -0.3 is 10.4 Å². The Bertz CT molecular complexity index is 226. The minimum atomic E-state index is -1.02. The molecule has 0 fully saturated rings. The van der Waals surface area contributed by atoms with E-state index in [2.05, 4.69) is 18.8 Å². The summed E-state index contributed by atoms with van der Waals surface area (Å²) < 4.78 is 0. The predicted molar refractivity (Wildman–Crippen MR) is 58.5 cm³/mol. The van der Waals surface area contributed by atoms with Gasteiger partial charge in [-0.05, 0) is 12.8 Å². The van der Waals surface area contributed by atoms with Gasteiger partial charge in [0.05, 0.1) is 0 Å². The number of unbranched alkanes of at least 4 members (excludes halogenated alkanes) is 2. The summed E-state index contributed by atoms with van der Waals surface area (Å²) in [7, 11) is 0. The van der Waals surface area contributed by atoms with E-state index >= 15 is 0 Å². The highest BCUT2D eigenvalue weighted by Gasteiger charge is 2.17. The van der Waals surface area contributed by atoms with Crippen LogP contribution >= 0.6 is 0 Å². The third-order valence-corrected chi connectivity index (χ3v) is 2.04. The van der Waals surface area contributed by atoms with Crippen LogP contribution in [-0.4, -0.2) is 23.0 Å². The summed E-state index contributed by atoms with van der Waals surface area (Å²) in [6, 6.07) is -0.836. The van der Waals surface area contributed by atoms with Crippen LogP contribution in [0.1, 0.15) is 39.0 Å². The first-order valence-electron chi connectivity index (χ1n) is 5.24. The maximum atomic E-state index is 11.3. The summed E-state index contributed by atoms with van der Waals surface area (Å²) in [5.41, 5.74) is 0. The van der Waals surface area contributed by atoms with Gasteiger partial charge in [-0.2, -0.15) is 0 Å². The highest BCUT2D eigenvalue weighted by molar-refractivity contribution is 5.83. The van der Waals surface area contributed by atoms with Crippen LogP contribution < -0.4 is 5.32 Å². The van der Waals surface area contributed by atoms with Crippen LogP contribution in [0.3, 0.4) is 0 Å². The molecule has 0 rings (SSSR count). The van der Waals surface area contributed by atoms with Gasteiger partial charge in [-0.25, -0.2) is 4.79 Å². The SMILES string of the molecule is C=CCC(NC(=O)CCCCC)C(=O)O. The van der Waals surface area contributed by atoms with Crippen molar-refractivity contribution in [3.05, 3.63) is 12.7 Å². The van der Waals surface area contributed by atoms with E-state index in [9.17, 15) is 9.59 Å². The Morgan fingerprint density at radius 2 is 2.13 bits per heavy atom. The van der Waals surface area contributed by atoms with Gasteiger partial charge in [0.2, 0.25) is 5.91 Å². The smallest absolute Gasteiger partial charge is 0.326 e. The van der Waals surface area contributed by atoms with Gasteiger partial charge in [0.15, 0.2) is 0 Å². The number of carbonyl (C=O) groups excluding carboxylic acids is 1. The molecule has 0 aromatic rings. The molecule has 0 radical (unpaired) electrons. The molecular formula is C11H19NO3. The molecule has 0 spiro atoms. The lowest BCUT2D eigenvalue weighted by molar-refractivity contribution is -0.141. The predicted octanol–water partition coefficient (Wildman–Crippen LogP) is 1.71. The lowest BCUT2D eigenvalue weighted by atomic mass is 10.1. The van der Waals surface area contributed by atoms with Crippen molar-refractivity contribution in [2.75, 3.05) is 0 Å². The summed E-state index contributed by atoms with van der Waals surface area (Å²) in [4.78, 5) is 22.0. The van der Waals surface area contributed by atoms with E-state index in [1.54, 1.807) is 0 Å². The van der Waals surface area contributed by atoms with Crippen LogP contribution in [0.15, 0.2) is 12.7 Å². The molecule has 86 valence electrons. The van der Waals surface area contributed by atoms with Crippen molar-refractivity contribution < 1.29 is 14.7 Å². The topological polar surface area (TPSA) is 66.4 Å². The van der Waals surface area contributed by atoms with Crippen LogP contribution in [0.4, 0.5) is 0 Å². The largest absolute Gasteiger partial charge is 0.480 e. The highest BCUT2D eigenvalue weighted by atomic mass is 16.4. The first-order valence-corrected chi connectivity index (χ1v) is 5.24. The number of hydrogen-bond acceptors (Lipinski definition) is 2. The Hall–Kier alpha value is -1.32. The van der Waals surface area contributed by atoms with Gasteiger partial charge in [0.25, 0.3) is 0 Å². The number of carboxylic acids is 1. The quantitative estimate of drug-likeness (QED) is 0.476. The molecule has 15 heavy (non-hydrogen) atoms. The van der Waals surface area contributed by atoms with E-state index in [1.165, 1.54) is 6.08 Å². The molecule has 2 N–H and O–H groups in total. The van der Waals surface area contributed by atoms with Gasteiger partial charge in [0.1, 0.15) is 6.04 Å². The highest BCUT2D eigenvalue weighted by Crippen LogP contribution is 2.00. The molecule has 0 saturated heterocycles. The number of carboxylic acid groups (broad SMARTS) is 1. The van der Waals surface area contributed by atoms with E-state index < -0.39 is 12.0 Å². The number of amides is 1. The van der Waals surface area contributed by atoms with Crippen molar-refractivity contribution in [2.45, 2.75) is 45.1 Å². The Morgan fingerprint density at radius 1 is 1.47 bits per heavy atom. The standard InChI is InChI=1S/C11H19NO3/c1-3-5-6-8-10(13)12-9(7-4-2)11(14)15/h4,9H,2-3,5-8H2,1H3,(H,12,13)(H,14,15). The summed E-state index contributed by atoms with van der Waals surface area (Å²) in [6.07, 6.45) is 4.99. The second-order valence-electron chi connectivity index (χ2n) is 3.44. The molecule has 1 atom stereocenters. The van der Waals surface area contributed by atoms with Gasteiger partial charge >= 0.3 is 5.97 Å². The maximum absolute atomic E-state index is 11.3. The van der Waals surface area contributed by atoms with Crippen LogP contribution in [-0.2, 0) is 9.59 Å². The van der Waals surface area contributed by atoms with E-state index in [-0.39, 0.29) is 12.3 Å². The third-order valence-electron chi connectivity index (χ3n) is 2.04. The fourth-order valence-electron chi connectivity index (χ4n) is 1.19. The van der Waals surface area contributed by atoms with Crippen LogP contribution in [0.5, 0.6) is 0 Å². The fourth-order valence-corrected chi connectivity index (χ4v) is 1.19. The third kappa shape index (κ3) is 6.71. The molecule has 0 aromatic heterocycles. The summed E-state index contributed by atoms with van der Waals surface area (Å²) in [5.74, 6) is -1.21. The normalized spacial score (nSPS) is 11.8. The zero-order valence-electron chi connectivity index (χ0n) is 9.16. The molecule has 0 aliphatic rings. The van der Waals surface area contributed by atoms with Gasteiger partial charge in [-0.15, -0.1) is 6.58 Å². The molecule has 0 saturated carbocycles. The Balaban J connectivity index is 3.89. The van der Waals surface area contributed by atoms with E-state index in [1.807, 2.05) is 0 Å². The Kier molecular flexibility index (Phi) is 7.32. The number of rotatable bonds is 8. The first-order chi connectivity index (χ1) is 7.11. The van der Waals surface area contributed by atoms with Gasteiger partial charge in [-0.1, -0.05) is 25.8 Å². The number of carbonyl (C=O) groups is 2. The number of aliphatic carboxylic acids is 1. The minimum Gasteiger partial charge on any atom is -0.480 e. The second kappa shape index (κ2) is 8.03. The van der Waals surface area contributed by atoms with E-state index in [4.69, 9.17) is 5.11 Å². The van der Waals surface area contributed by atoms with Crippen LogP contribution in [0.25, 0.3) is 0 Å². The average molecular weight is 213 g/mol. The number of hydrogen-bond donors (Lipinski definition) is 2. The zero-order chi connectivity index (χ0) is 11.7. The van der Waals surface area contributed by atoms with Crippen molar-refractivity contribution in [2.24, 2.45) is 0 Å². The molecule has 0 aliphatic carbocycles. The molecule has 0 heterocycles. The average Bonchev–Trinajstić information content (AvgIpc) is 2.17. The molecule has 4 nitrogen and oxygen atoms in total. The summed E-state index contributed by atoms with van der Waals surface area (Å²) in [5, 5.41) is 11.2. The van der Waals surface area contributed by atoms with Crippen LogP contribution in [0, 0.1) is 0 Å².